The first-order valence-corrected chi connectivity index (χ1v) is 12.4. The number of hydrogen-bond acceptors (Lipinski definition) is 4. The van der Waals surface area contributed by atoms with Gasteiger partial charge in [0.25, 0.3) is 10.1 Å². The molecule has 2 aromatic rings. The molecule has 0 amide bonds. The van der Waals surface area contributed by atoms with E-state index in [1.54, 1.807) is 12.1 Å². The Balaban J connectivity index is 0.00000480. The van der Waals surface area contributed by atoms with Crippen LogP contribution in [0, 0.1) is 0 Å². The van der Waals surface area contributed by atoms with Crippen LogP contribution in [-0.2, 0) is 16.5 Å². The summed E-state index contributed by atoms with van der Waals surface area (Å²) in [7, 11) is -4.45. The molecule has 7 heteroatoms. The molecule has 0 fully saturated rings. The van der Waals surface area contributed by atoms with E-state index in [-0.39, 0.29) is 35.3 Å². The van der Waals surface area contributed by atoms with Crippen molar-refractivity contribution in [1.82, 2.24) is 0 Å². The van der Waals surface area contributed by atoms with Gasteiger partial charge in [-0.2, -0.15) is 8.42 Å². The topological polar surface area (TPSA) is 86.7 Å². The summed E-state index contributed by atoms with van der Waals surface area (Å²) in [5.41, 5.74) is 1.22. The van der Waals surface area contributed by atoms with Crippen LogP contribution in [0.15, 0.2) is 47.4 Å². The molecule has 2 rings (SSSR count). The summed E-state index contributed by atoms with van der Waals surface area (Å²) in [4.78, 5) is -0.470. The Morgan fingerprint density at radius 3 is 1.90 bits per heavy atom. The van der Waals surface area contributed by atoms with Gasteiger partial charge in [-0.3, -0.25) is 4.55 Å². The van der Waals surface area contributed by atoms with Crippen LogP contribution in [0.3, 0.4) is 0 Å². The van der Waals surface area contributed by atoms with E-state index < -0.39 is 20.8 Å². The molecule has 0 atom stereocenters. The molecule has 0 saturated carbocycles. The summed E-state index contributed by atoms with van der Waals surface area (Å²) >= 11 is 0. The van der Waals surface area contributed by atoms with Gasteiger partial charge in [-0.1, -0.05) is 76.8 Å². The fourth-order valence-corrected chi connectivity index (χ4v) is 3.96. The molecule has 0 spiro atoms. The average Bonchev–Trinajstić information content (AvgIpc) is 2.69. The second kappa shape index (κ2) is 14.9. The number of aryl methyl sites for hydroxylation is 1. The summed E-state index contributed by atoms with van der Waals surface area (Å²) in [6, 6.07) is 10.7. The van der Waals surface area contributed by atoms with Gasteiger partial charge in [0.1, 0.15) is 11.5 Å². The van der Waals surface area contributed by atoms with Gasteiger partial charge >= 0.3 is 29.6 Å². The smallest absolute Gasteiger partial charge is 0.872 e. The minimum atomic E-state index is -4.45. The van der Waals surface area contributed by atoms with Crippen LogP contribution in [0.2, 0.25) is 0 Å². The Bertz CT molecular complexity index is 866. The van der Waals surface area contributed by atoms with Gasteiger partial charge in [-0.05, 0) is 42.7 Å². The van der Waals surface area contributed by atoms with Crippen molar-refractivity contribution in [3.63, 3.8) is 0 Å². The minimum absolute atomic E-state index is 0. The molecule has 0 heterocycles. The zero-order valence-electron chi connectivity index (χ0n) is 18.8. The first-order chi connectivity index (χ1) is 14.4. The number of rotatable bonds is 14. The Morgan fingerprint density at radius 1 is 0.806 bits per heavy atom. The maximum absolute atomic E-state index is 11.6. The number of ether oxygens (including phenoxy) is 1. The fourth-order valence-electron chi connectivity index (χ4n) is 3.43. The van der Waals surface area contributed by atoms with Crippen molar-refractivity contribution < 1.29 is 52.4 Å². The average molecular weight is 457 g/mol. The van der Waals surface area contributed by atoms with Crippen LogP contribution >= 0.6 is 0 Å². The molecular weight excluding hydrogens is 423 g/mol. The molecule has 0 aromatic heterocycles. The van der Waals surface area contributed by atoms with Gasteiger partial charge in [-0.15, -0.1) is 5.75 Å². The van der Waals surface area contributed by atoms with E-state index in [1.165, 1.54) is 69.4 Å². The first kappa shape index (κ1) is 28.0. The number of benzene rings is 2. The summed E-state index contributed by atoms with van der Waals surface area (Å²) < 4.78 is 37.2. The van der Waals surface area contributed by atoms with Gasteiger partial charge in [0.05, 0.1) is 4.90 Å². The van der Waals surface area contributed by atoms with Gasteiger partial charge in [0, 0.05) is 6.07 Å². The van der Waals surface area contributed by atoms with E-state index >= 15 is 0 Å². The Hall–Kier alpha value is -1.05. The predicted molar refractivity (Wildman–Crippen MR) is 118 cm³/mol. The second-order valence-electron chi connectivity index (χ2n) is 7.79. The summed E-state index contributed by atoms with van der Waals surface area (Å²) in [5, 5.41) is 11.6. The van der Waals surface area contributed by atoms with Crippen molar-refractivity contribution in [2.45, 2.75) is 82.4 Å². The fraction of sp³-hybridized carbons (Fsp3) is 0.500. The summed E-state index contributed by atoms with van der Waals surface area (Å²) in [6.45, 7) is 2.25. The third-order valence-electron chi connectivity index (χ3n) is 5.13. The molecule has 0 unspecified atom stereocenters. The largest absolute Gasteiger partial charge is 1.00 e. The maximum Gasteiger partial charge on any atom is 1.00 e. The van der Waals surface area contributed by atoms with Crippen molar-refractivity contribution in [1.29, 1.82) is 0 Å². The Kier molecular flexibility index (Phi) is 13.5. The van der Waals surface area contributed by atoms with Crippen LogP contribution in [0.4, 0.5) is 0 Å². The molecule has 0 aliphatic rings. The monoisotopic (exact) mass is 456 g/mol. The van der Waals surface area contributed by atoms with E-state index in [0.717, 1.165) is 25.0 Å². The van der Waals surface area contributed by atoms with Gasteiger partial charge in [0.2, 0.25) is 0 Å². The summed E-state index contributed by atoms with van der Waals surface area (Å²) in [6.07, 6.45) is 14.1. The standard InChI is InChI=1S/C24H34O5S.Na/c1-2-3-4-5-6-7-8-9-10-11-12-20-13-15-22(16-14-20)29-23-17-21(25)18-24(19-23)30(26,27)28;/h13-19,25H,2-12H2,1H3,(H,26,27,28);/q;+1/p-1. The van der Waals surface area contributed by atoms with Crippen LogP contribution in [-0.4, -0.2) is 13.0 Å². The molecule has 2 aromatic carbocycles. The van der Waals surface area contributed by atoms with Gasteiger partial charge in [0.15, 0.2) is 0 Å². The molecule has 1 N–H and O–H groups in total. The molecule has 0 bridgehead atoms. The van der Waals surface area contributed by atoms with E-state index in [4.69, 9.17) is 9.29 Å². The molecule has 0 aliphatic carbocycles. The SMILES string of the molecule is CCCCCCCCCCCCc1ccc(Oc2cc([O-])cc(S(=O)(=O)O)c2)cc1.[Na+]. The molecule has 0 radical (unpaired) electrons. The Morgan fingerprint density at radius 2 is 1.35 bits per heavy atom. The zero-order valence-corrected chi connectivity index (χ0v) is 21.6. The molecule has 31 heavy (non-hydrogen) atoms. The van der Waals surface area contributed by atoms with E-state index in [2.05, 4.69) is 6.92 Å². The van der Waals surface area contributed by atoms with Gasteiger partial charge < -0.3 is 9.84 Å². The normalized spacial score (nSPS) is 11.2. The van der Waals surface area contributed by atoms with E-state index in [9.17, 15) is 13.5 Å². The van der Waals surface area contributed by atoms with Crippen molar-refractivity contribution in [3.05, 3.63) is 48.0 Å². The third kappa shape index (κ3) is 11.4. The predicted octanol–water partition coefficient (Wildman–Crippen LogP) is 3.27. The maximum atomic E-state index is 11.6. The van der Waals surface area contributed by atoms with Crippen molar-refractivity contribution >= 4 is 10.1 Å². The van der Waals surface area contributed by atoms with Crippen LogP contribution < -0.4 is 39.4 Å². The molecule has 0 aliphatic heterocycles. The molecule has 0 saturated heterocycles. The number of hydrogen-bond donors (Lipinski definition) is 1. The first-order valence-electron chi connectivity index (χ1n) is 10.9. The molecule has 166 valence electrons. The number of unbranched alkanes of at least 4 members (excludes halogenated alkanes) is 9. The van der Waals surface area contributed by atoms with Crippen molar-refractivity contribution in [2.24, 2.45) is 0 Å². The molecule has 5 nitrogen and oxygen atoms in total. The molecular formula is C24H33NaO5S. The van der Waals surface area contributed by atoms with Crippen LogP contribution in [0.5, 0.6) is 17.2 Å². The Labute approximate surface area is 209 Å². The zero-order chi connectivity index (χ0) is 21.8. The third-order valence-corrected chi connectivity index (χ3v) is 5.96. The van der Waals surface area contributed by atoms with Crippen molar-refractivity contribution in [2.75, 3.05) is 0 Å². The van der Waals surface area contributed by atoms with Crippen LogP contribution in [0.1, 0.15) is 76.7 Å². The van der Waals surface area contributed by atoms with E-state index in [0.29, 0.717) is 5.75 Å². The quantitative estimate of drug-likeness (QED) is 0.268. The minimum Gasteiger partial charge on any atom is -0.872 e. The van der Waals surface area contributed by atoms with E-state index in [1.807, 2.05) is 12.1 Å². The van der Waals surface area contributed by atoms with Crippen molar-refractivity contribution in [3.8, 4) is 17.2 Å². The van der Waals surface area contributed by atoms with Gasteiger partial charge in [-0.25, -0.2) is 0 Å². The summed E-state index contributed by atoms with van der Waals surface area (Å²) in [5.74, 6) is 0.0454. The van der Waals surface area contributed by atoms with Crippen LogP contribution in [0.25, 0.3) is 0 Å². The second-order valence-corrected chi connectivity index (χ2v) is 9.21.